The Hall–Kier alpha value is -0.650. The third kappa shape index (κ3) is 3.93. The Morgan fingerprint density at radius 1 is 1.50 bits per heavy atom. The molecular formula is C13H25N3OS. The third-order valence-corrected chi connectivity index (χ3v) is 4.49. The molecule has 1 rings (SSSR count). The van der Waals surface area contributed by atoms with Crippen molar-refractivity contribution in [3.63, 3.8) is 0 Å². The van der Waals surface area contributed by atoms with Crippen LogP contribution in [0.1, 0.15) is 38.1 Å². The largest absolute Gasteiger partial charge is 0.383 e. The number of nitrogens with zero attached hydrogens (tertiary/aromatic N) is 2. The monoisotopic (exact) mass is 271 g/mol. The minimum atomic E-state index is 0.359. The van der Waals surface area contributed by atoms with E-state index in [-0.39, 0.29) is 0 Å². The van der Waals surface area contributed by atoms with Gasteiger partial charge in [-0.2, -0.15) is 0 Å². The van der Waals surface area contributed by atoms with E-state index in [2.05, 4.69) is 36.0 Å². The van der Waals surface area contributed by atoms with Crippen LogP contribution in [0.25, 0.3) is 0 Å². The van der Waals surface area contributed by atoms with Gasteiger partial charge in [0.15, 0.2) is 5.13 Å². The molecule has 0 aromatic carbocycles. The van der Waals surface area contributed by atoms with Gasteiger partial charge in [0.1, 0.15) is 0 Å². The number of aromatic nitrogens is 1. The van der Waals surface area contributed by atoms with E-state index < -0.39 is 0 Å². The highest BCUT2D eigenvalue weighted by atomic mass is 32.1. The molecule has 0 bridgehead atoms. The lowest BCUT2D eigenvalue weighted by molar-refractivity contribution is 0.203. The molecular weight excluding hydrogens is 246 g/mol. The van der Waals surface area contributed by atoms with E-state index in [9.17, 15) is 0 Å². The maximum Gasteiger partial charge on any atom is 0.185 e. The van der Waals surface area contributed by atoms with E-state index in [0.717, 1.165) is 24.7 Å². The molecule has 0 aliphatic heterocycles. The molecule has 1 N–H and O–H groups in total. The van der Waals surface area contributed by atoms with Crippen molar-refractivity contribution in [1.82, 2.24) is 10.3 Å². The van der Waals surface area contributed by atoms with Crippen LogP contribution in [0.3, 0.4) is 0 Å². The first-order valence-corrected chi connectivity index (χ1v) is 7.34. The molecule has 0 fully saturated rings. The maximum atomic E-state index is 5.19. The van der Waals surface area contributed by atoms with E-state index in [0.29, 0.717) is 12.1 Å². The molecule has 18 heavy (non-hydrogen) atoms. The average Bonchev–Trinajstić information content (AvgIpc) is 2.87. The molecule has 0 aliphatic rings. The van der Waals surface area contributed by atoms with Gasteiger partial charge in [-0.1, -0.05) is 6.92 Å². The molecule has 1 aromatic heterocycles. The van der Waals surface area contributed by atoms with Crippen LogP contribution in [0.2, 0.25) is 0 Å². The Morgan fingerprint density at radius 3 is 2.78 bits per heavy atom. The molecule has 0 amide bonds. The smallest absolute Gasteiger partial charge is 0.185 e. The standard InChI is InChI=1S/C13H25N3OS/c1-6-10(2)16(7-8-17-5)13-15-9-12(18-13)11(3)14-4/h9-11,14H,6-8H2,1-5H3. The minimum absolute atomic E-state index is 0.359. The van der Waals surface area contributed by atoms with Crippen molar-refractivity contribution in [2.45, 2.75) is 39.3 Å². The number of rotatable bonds is 8. The summed E-state index contributed by atoms with van der Waals surface area (Å²) in [6.45, 7) is 8.22. The number of methoxy groups -OCH3 is 1. The number of ether oxygens (including phenoxy) is 1. The number of thiazole rings is 1. The number of hydrogen-bond acceptors (Lipinski definition) is 5. The van der Waals surface area contributed by atoms with Crippen LogP contribution >= 0.6 is 11.3 Å². The van der Waals surface area contributed by atoms with Gasteiger partial charge < -0.3 is 15.0 Å². The van der Waals surface area contributed by atoms with E-state index in [1.807, 2.05) is 13.2 Å². The molecule has 2 atom stereocenters. The fourth-order valence-electron chi connectivity index (χ4n) is 1.67. The number of hydrogen-bond donors (Lipinski definition) is 1. The van der Waals surface area contributed by atoms with Crippen molar-refractivity contribution in [3.05, 3.63) is 11.1 Å². The van der Waals surface area contributed by atoms with E-state index in [1.54, 1.807) is 18.4 Å². The molecule has 2 unspecified atom stereocenters. The van der Waals surface area contributed by atoms with Crippen molar-refractivity contribution in [2.75, 3.05) is 32.2 Å². The van der Waals surface area contributed by atoms with Crippen LogP contribution in [-0.2, 0) is 4.74 Å². The van der Waals surface area contributed by atoms with E-state index in [1.165, 1.54) is 4.88 Å². The quantitative estimate of drug-likeness (QED) is 0.789. The van der Waals surface area contributed by atoms with E-state index >= 15 is 0 Å². The van der Waals surface area contributed by atoms with Crippen LogP contribution in [-0.4, -0.2) is 38.3 Å². The highest BCUT2D eigenvalue weighted by molar-refractivity contribution is 7.15. The predicted molar refractivity (Wildman–Crippen MR) is 78.6 cm³/mol. The fraction of sp³-hybridized carbons (Fsp3) is 0.769. The lowest BCUT2D eigenvalue weighted by Gasteiger charge is -2.27. The molecule has 4 nitrogen and oxygen atoms in total. The Bertz CT molecular complexity index is 343. The number of anilines is 1. The maximum absolute atomic E-state index is 5.19. The summed E-state index contributed by atoms with van der Waals surface area (Å²) in [6.07, 6.45) is 3.09. The number of nitrogens with one attached hydrogen (secondary N) is 1. The van der Waals surface area contributed by atoms with Gasteiger partial charge in [-0.25, -0.2) is 4.98 Å². The van der Waals surface area contributed by atoms with Gasteiger partial charge in [0.25, 0.3) is 0 Å². The summed E-state index contributed by atoms with van der Waals surface area (Å²) in [6, 6.07) is 0.849. The molecule has 1 aromatic rings. The van der Waals surface area contributed by atoms with Crippen molar-refractivity contribution >= 4 is 16.5 Å². The van der Waals surface area contributed by atoms with Crippen LogP contribution in [0, 0.1) is 0 Å². The summed E-state index contributed by atoms with van der Waals surface area (Å²) in [7, 11) is 3.71. The summed E-state index contributed by atoms with van der Waals surface area (Å²) < 4.78 is 5.19. The second kappa shape index (κ2) is 7.71. The van der Waals surface area contributed by atoms with Gasteiger partial charge in [-0.15, -0.1) is 11.3 Å². The summed E-state index contributed by atoms with van der Waals surface area (Å²) in [5, 5.41) is 4.34. The fourth-order valence-corrected chi connectivity index (χ4v) is 2.77. The topological polar surface area (TPSA) is 37.4 Å². The highest BCUT2D eigenvalue weighted by Gasteiger charge is 2.17. The van der Waals surface area contributed by atoms with Crippen LogP contribution < -0.4 is 10.2 Å². The van der Waals surface area contributed by atoms with Crippen molar-refractivity contribution in [2.24, 2.45) is 0 Å². The lowest BCUT2D eigenvalue weighted by atomic mass is 10.2. The van der Waals surface area contributed by atoms with Gasteiger partial charge in [0.05, 0.1) is 6.61 Å². The molecule has 104 valence electrons. The van der Waals surface area contributed by atoms with Crippen molar-refractivity contribution < 1.29 is 4.74 Å². The van der Waals surface area contributed by atoms with E-state index in [4.69, 9.17) is 4.74 Å². The molecule has 5 heteroatoms. The SMILES string of the molecule is CCC(C)N(CCOC)c1ncc(C(C)NC)s1. The predicted octanol–water partition coefficient (Wildman–Crippen LogP) is 2.67. The molecule has 1 heterocycles. The first-order chi connectivity index (χ1) is 8.63. The second-order valence-corrected chi connectivity index (χ2v) is 5.54. The zero-order chi connectivity index (χ0) is 13.5. The molecule has 0 spiro atoms. The Labute approximate surface area is 114 Å². The lowest BCUT2D eigenvalue weighted by Crippen LogP contribution is -2.35. The van der Waals surface area contributed by atoms with Gasteiger partial charge in [-0.05, 0) is 27.3 Å². The highest BCUT2D eigenvalue weighted by Crippen LogP contribution is 2.28. The first-order valence-electron chi connectivity index (χ1n) is 6.52. The van der Waals surface area contributed by atoms with Gasteiger partial charge in [-0.3, -0.25) is 0 Å². The van der Waals surface area contributed by atoms with Crippen LogP contribution in [0.4, 0.5) is 5.13 Å². The summed E-state index contributed by atoms with van der Waals surface area (Å²) >= 11 is 1.76. The Kier molecular flexibility index (Phi) is 6.60. The zero-order valence-electron chi connectivity index (χ0n) is 12.1. The summed E-state index contributed by atoms with van der Waals surface area (Å²) in [5.74, 6) is 0. The van der Waals surface area contributed by atoms with Crippen molar-refractivity contribution in [3.8, 4) is 0 Å². The van der Waals surface area contributed by atoms with Crippen LogP contribution in [0.15, 0.2) is 6.20 Å². The molecule has 0 saturated carbocycles. The van der Waals surface area contributed by atoms with Crippen molar-refractivity contribution in [1.29, 1.82) is 0 Å². The van der Waals surface area contributed by atoms with Gasteiger partial charge in [0, 0.05) is 36.8 Å². The minimum Gasteiger partial charge on any atom is -0.383 e. The Morgan fingerprint density at radius 2 is 2.22 bits per heavy atom. The third-order valence-electron chi connectivity index (χ3n) is 3.28. The van der Waals surface area contributed by atoms with Gasteiger partial charge in [0.2, 0.25) is 0 Å². The molecule has 0 aliphatic carbocycles. The second-order valence-electron chi connectivity index (χ2n) is 4.50. The normalized spacial score (nSPS) is 14.5. The first kappa shape index (κ1) is 15.4. The average molecular weight is 271 g/mol. The zero-order valence-corrected chi connectivity index (χ0v) is 12.9. The molecule has 0 radical (unpaired) electrons. The molecule has 0 saturated heterocycles. The van der Waals surface area contributed by atoms with Gasteiger partial charge >= 0.3 is 0 Å². The summed E-state index contributed by atoms with van der Waals surface area (Å²) in [4.78, 5) is 8.17. The van der Waals surface area contributed by atoms with Crippen LogP contribution in [0.5, 0.6) is 0 Å². The Balaban J connectivity index is 2.81. The summed E-state index contributed by atoms with van der Waals surface area (Å²) in [5.41, 5.74) is 0.